The lowest BCUT2D eigenvalue weighted by Gasteiger charge is -2.33. The average Bonchev–Trinajstić information content (AvgIpc) is 3.15. The molecule has 2 aromatic rings. The number of aromatic nitrogens is 2. The molecule has 0 spiro atoms. The Hall–Kier alpha value is -2.02. The highest BCUT2D eigenvalue weighted by atomic mass is 16.6. The molecule has 2 heterocycles. The number of Topliss-reactive ketones (excluding diaryl/α,β-unsaturated/α-hetero) is 1. The fourth-order valence-electron chi connectivity index (χ4n) is 3.43. The molecule has 1 atom stereocenters. The number of ether oxygens (including phenoxy) is 1. The van der Waals surface area contributed by atoms with E-state index in [1.54, 1.807) is 6.20 Å². The van der Waals surface area contributed by atoms with Crippen molar-refractivity contribution in [2.75, 3.05) is 19.7 Å². The van der Waals surface area contributed by atoms with Crippen molar-refractivity contribution in [2.45, 2.75) is 39.1 Å². The highest BCUT2D eigenvalue weighted by Crippen LogP contribution is 2.22. The van der Waals surface area contributed by atoms with Crippen molar-refractivity contribution in [1.82, 2.24) is 14.5 Å². The van der Waals surface area contributed by atoms with Crippen molar-refractivity contribution in [2.24, 2.45) is 5.92 Å². The first kappa shape index (κ1) is 18.8. The quantitative estimate of drug-likeness (QED) is 0.580. The Labute approximate surface area is 154 Å². The van der Waals surface area contributed by atoms with Crippen LogP contribution in [0.5, 0.6) is 0 Å². The monoisotopic (exact) mass is 357 g/mol. The van der Waals surface area contributed by atoms with Gasteiger partial charge in [-0.25, -0.2) is 4.98 Å². The van der Waals surface area contributed by atoms with Crippen molar-refractivity contribution in [3.8, 4) is 0 Å². The lowest BCUT2D eigenvalue weighted by Crippen LogP contribution is -2.44. The summed E-state index contributed by atoms with van der Waals surface area (Å²) in [5, 5.41) is 9.91. The van der Waals surface area contributed by atoms with E-state index in [1.807, 2.05) is 40.8 Å². The summed E-state index contributed by atoms with van der Waals surface area (Å²) in [6, 6.07) is 10.2. The molecule has 1 fully saturated rings. The van der Waals surface area contributed by atoms with Crippen molar-refractivity contribution in [1.29, 1.82) is 0 Å². The molecule has 1 aliphatic rings. The first-order valence-electron chi connectivity index (χ1n) is 9.32. The normalized spacial score (nSPS) is 17.3. The van der Waals surface area contributed by atoms with Crippen LogP contribution in [0.25, 0.3) is 0 Å². The topological polar surface area (TPSA) is 67.6 Å². The van der Waals surface area contributed by atoms with E-state index < -0.39 is 6.41 Å². The van der Waals surface area contributed by atoms with E-state index in [-0.39, 0.29) is 11.7 Å². The van der Waals surface area contributed by atoms with Crippen LogP contribution < -0.4 is 0 Å². The molecule has 1 N–H and O–H groups in total. The van der Waals surface area contributed by atoms with Gasteiger partial charge in [-0.15, -0.1) is 0 Å². The van der Waals surface area contributed by atoms with Gasteiger partial charge in [0.1, 0.15) is 0 Å². The van der Waals surface area contributed by atoms with E-state index in [4.69, 9.17) is 4.74 Å². The third-order valence-electron chi connectivity index (χ3n) is 4.95. The molecule has 140 valence electrons. The van der Waals surface area contributed by atoms with E-state index in [2.05, 4.69) is 17.1 Å². The third kappa shape index (κ3) is 4.58. The third-order valence-corrected chi connectivity index (χ3v) is 4.95. The molecule has 0 saturated carbocycles. The van der Waals surface area contributed by atoms with Gasteiger partial charge in [-0.3, -0.25) is 9.69 Å². The average molecular weight is 357 g/mol. The summed E-state index contributed by atoms with van der Waals surface area (Å²) in [5.74, 6) is 0.608. The van der Waals surface area contributed by atoms with Gasteiger partial charge >= 0.3 is 0 Å². The maximum atomic E-state index is 12.9. The predicted octanol–water partition coefficient (Wildman–Crippen LogP) is 2.33. The molecule has 0 amide bonds. The number of likely N-dealkylation sites (tertiary alicyclic amines) is 1. The minimum Gasteiger partial charge on any atom is -0.356 e. The van der Waals surface area contributed by atoms with Crippen LogP contribution in [-0.4, -0.2) is 51.5 Å². The number of aliphatic hydroxyl groups is 1. The number of nitrogens with zero attached hydrogens (tertiary/aromatic N) is 3. The molecular formula is C20H27N3O3. The Morgan fingerprint density at radius 3 is 2.73 bits per heavy atom. The number of hydrogen-bond acceptors (Lipinski definition) is 5. The summed E-state index contributed by atoms with van der Waals surface area (Å²) >= 11 is 0. The molecule has 1 saturated heterocycles. The van der Waals surface area contributed by atoms with Gasteiger partial charge < -0.3 is 14.4 Å². The number of benzene rings is 1. The summed E-state index contributed by atoms with van der Waals surface area (Å²) in [7, 11) is 0. The van der Waals surface area contributed by atoms with Gasteiger partial charge in [0.05, 0.1) is 0 Å². The number of ketones is 1. The molecule has 0 aliphatic carbocycles. The van der Waals surface area contributed by atoms with Gasteiger partial charge in [0.15, 0.2) is 5.82 Å². The summed E-state index contributed by atoms with van der Waals surface area (Å²) in [6.45, 7) is 4.38. The first-order valence-corrected chi connectivity index (χ1v) is 9.32. The van der Waals surface area contributed by atoms with E-state index in [9.17, 15) is 9.90 Å². The van der Waals surface area contributed by atoms with Crippen LogP contribution in [0.1, 0.15) is 35.9 Å². The second kappa shape index (κ2) is 9.07. The zero-order chi connectivity index (χ0) is 18.4. The molecule has 0 bridgehead atoms. The smallest absolute Gasteiger partial charge is 0.216 e. The number of aryl methyl sites for hydroxylation is 2. The minimum absolute atomic E-state index is 0.0436. The van der Waals surface area contributed by atoms with Gasteiger partial charge in [-0.1, -0.05) is 30.3 Å². The van der Waals surface area contributed by atoms with Crippen molar-refractivity contribution in [3.63, 3.8) is 0 Å². The van der Waals surface area contributed by atoms with Crippen LogP contribution in [0.3, 0.4) is 0 Å². The Kier molecular flexibility index (Phi) is 6.55. The molecule has 26 heavy (non-hydrogen) atoms. The second-order valence-electron chi connectivity index (χ2n) is 6.64. The molecule has 1 aromatic heterocycles. The fourth-order valence-corrected chi connectivity index (χ4v) is 3.43. The van der Waals surface area contributed by atoms with Crippen LogP contribution in [0.2, 0.25) is 0 Å². The van der Waals surface area contributed by atoms with E-state index >= 15 is 0 Å². The molecular weight excluding hydrogens is 330 g/mol. The second-order valence-corrected chi connectivity index (χ2v) is 6.64. The fraction of sp³-hybridized carbons (Fsp3) is 0.500. The van der Waals surface area contributed by atoms with E-state index in [0.29, 0.717) is 38.4 Å². The Morgan fingerprint density at radius 1 is 1.31 bits per heavy atom. The standard InChI is InChI=1S/C20H27N3O3/c1-2-26-20(25)23-13-9-17(10-14-23)18(24)19-21-11-15-22(19)12-8-16-6-4-3-5-7-16/h3-7,11,15,17,20,25H,2,8-10,12-14H2,1H3. The van der Waals surface area contributed by atoms with Crippen LogP contribution in [0, 0.1) is 5.92 Å². The first-order chi connectivity index (χ1) is 12.7. The number of piperidine rings is 1. The minimum atomic E-state index is -0.871. The summed E-state index contributed by atoms with van der Waals surface area (Å²) in [5.41, 5.74) is 1.25. The lowest BCUT2D eigenvalue weighted by molar-refractivity contribution is -0.196. The molecule has 1 aromatic carbocycles. The van der Waals surface area contributed by atoms with Crippen LogP contribution in [0.4, 0.5) is 0 Å². The van der Waals surface area contributed by atoms with E-state index in [1.165, 1.54) is 5.56 Å². The van der Waals surface area contributed by atoms with Gasteiger partial charge in [0.25, 0.3) is 0 Å². The predicted molar refractivity (Wildman–Crippen MR) is 98.6 cm³/mol. The van der Waals surface area contributed by atoms with Crippen molar-refractivity contribution in [3.05, 3.63) is 54.1 Å². The SMILES string of the molecule is CCOC(O)N1CCC(C(=O)c2nccn2CCc2ccccc2)CC1. The molecule has 3 rings (SSSR count). The Morgan fingerprint density at radius 2 is 2.04 bits per heavy atom. The zero-order valence-electron chi connectivity index (χ0n) is 15.3. The van der Waals surface area contributed by atoms with Crippen molar-refractivity contribution >= 4 is 5.78 Å². The van der Waals surface area contributed by atoms with E-state index in [0.717, 1.165) is 13.0 Å². The maximum absolute atomic E-state index is 12.9. The largest absolute Gasteiger partial charge is 0.356 e. The maximum Gasteiger partial charge on any atom is 0.216 e. The number of imidazole rings is 1. The van der Waals surface area contributed by atoms with Crippen molar-refractivity contribution < 1.29 is 14.6 Å². The number of rotatable bonds is 8. The highest BCUT2D eigenvalue weighted by Gasteiger charge is 2.30. The number of hydrogen-bond donors (Lipinski definition) is 1. The molecule has 1 unspecified atom stereocenters. The van der Waals surface area contributed by atoms with Gasteiger partial charge in [0.2, 0.25) is 12.2 Å². The van der Waals surface area contributed by atoms with Gasteiger partial charge in [-0.05, 0) is 31.7 Å². The Bertz CT molecular complexity index is 693. The molecule has 0 radical (unpaired) electrons. The molecule has 6 heteroatoms. The summed E-state index contributed by atoms with van der Waals surface area (Å²) < 4.78 is 7.18. The van der Waals surface area contributed by atoms with Gasteiger partial charge in [-0.2, -0.15) is 0 Å². The van der Waals surface area contributed by atoms with Crippen LogP contribution in [0.15, 0.2) is 42.7 Å². The lowest BCUT2D eigenvalue weighted by atomic mass is 9.92. The number of aliphatic hydroxyl groups excluding tert-OH is 1. The zero-order valence-corrected chi connectivity index (χ0v) is 15.3. The molecule has 6 nitrogen and oxygen atoms in total. The summed E-state index contributed by atoms with van der Waals surface area (Å²) in [4.78, 5) is 19.1. The van der Waals surface area contributed by atoms with Crippen LogP contribution >= 0.6 is 0 Å². The van der Waals surface area contributed by atoms with Gasteiger partial charge in [0, 0.05) is 44.6 Å². The number of carbonyl (C=O) groups excluding carboxylic acids is 1. The Balaban J connectivity index is 1.57. The van der Waals surface area contributed by atoms with Crippen LogP contribution in [-0.2, 0) is 17.7 Å². The molecule has 1 aliphatic heterocycles. The highest BCUT2D eigenvalue weighted by molar-refractivity contribution is 5.94. The summed E-state index contributed by atoms with van der Waals surface area (Å²) in [6.07, 6.45) is 5.01. The number of carbonyl (C=O) groups is 1.